The maximum Gasteiger partial charge on any atom is 0.494 e. The third kappa shape index (κ3) is 4.60. The molecule has 0 radical (unpaired) electrons. The molecule has 0 bridgehead atoms. The minimum Gasteiger partial charge on any atom is -0.490 e. The van der Waals surface area contributed by atoms with Gasteiger partial charge < -0.3 is 18.8 Å². The molecule has 3 rings (SSSR count). The third-order valence-electron chi connectivity index (χ3n) is 5.14. The quantitative estimate of drug-likeness (QED) is 0.543. The molecule has 0 atom stereocenters. The van der Waals surface area contributed by atoms with E-state index in [0.29, 0.717) is 18.2 Å². The Morgan fingerprint density at radius 3 is 2.30 bits per heavy atom. The van der Waals surface area contributed by atoms with Gasteiger partial charge in [-0.15, -0.1) is 0 Å². The summed E-state index contributed by atoms with van der Waals surface area (Å²) in [7, 11) is -0.399. The lowest BCUT2D eigenvalue weighted by atomic mass is 9.79. The Labute approximate surface area is 166 Å². The first-order valence-electron chi connectivity index (χ1n) is 9.15. The van der Waals surface area contributed by atoms with E-state index in [1.54, 1.807) is 0 Å². The molecule has 1 aliphatic rings. The lowest BCUT2D eigenvalue weighted by Gasteiger charge is -2.32. The summed E-state index contributed by atoms with van der Waals surface area (Å²) >= 11 is 6.01. The van der Waals surface area contributed by atoms with E-state index in [1.807, 2.05) is 77.1 Å². The van der Waals surface area contributed by atoms with Gasteiger partial charge in [0.15, 0.2) is 0 Å². The number of benzene rings is 2. The van der Waals surface area contributed by atoms with Crippen molar-refractivity contribution in [3.05, 3.63) is 53.1 Å². The third-order valence-corrected chi connectivity index (χ3v) is 5.38. The SMILES string of the molecule is Cc1ccc(Cl)cc1OCCOc1cccc(B2OC(C)(C)C(C)(C)O2)c1. The summed E-state index contributed by atoms with van der Waals surface area (Å²) in [5.74, 6) is 1.53. The van der Waals surface area contributed by atoms with Crippen molar-refractivity contribution in [3.63, 3.8) is 0 Å². The van der Waals surface area contributed by atoms with Gasteiger partial charge in [0, 0.05) is 5.02 Å². The van der Waals surface area contributed by atoms with Crippen molar-refractivity contribution in [1.82, 2.24) is 0 Å². The first-order chi connectivity index (χ1) is 12.7. The van der Waals surface area contributed by atoms with Crippen molar-refractivity contribution in [2.75, 3.05) is 13.2 Å². The number of halogens is 1. The summed E-state index contributed by atoms with van der Waals surface area (Å²) in [5.41, 5.74) is 1.26. The molecule has 0 aliphatic carbocycles. The fraction of sp³-hybridized carbons (Fsp3) is 0.429. The van der Waals surface area contributed by atoms with E-state index in [4.69, 9.17) is 30.4 Å². The van der Waals surface area contributed by atoms with Crippen molar-refractivity contribution in [1.29, 1.82) is 0 Å². The predicted molar refractivity (Wildman–Crippen MR) is 109 cm³/mol. The van der Waals surface area contributed by atoms with Gasteiger partial charge in [0.2, 0.25) is 0 Å². The lowest BCUT2D eigenvalue weighted by Crippen LogP contribution is -2.41. The Kier molecular flexibility index (Phi) is 5.75. The first-order valence-corrected chi connectivity index (χ1v) is 9.53. The molecule has 0 spiro atoms. The van der Waals surface area contributed by atoms with Crippen LogP contribution in [0.15, 0.2) is 42.5 Å². The Bertz CT molecular complexity index is 791. The van der Waals surface area contributed by atoms with Crippen LogP contribution in [0.25, 0.3) is 0 Å². The minimum atomic E-state index is -0.399. The molecule has 1 saturated heterocycles. The van der Waals surface area contributed by atoms with E-state index in [2.05, 4.69) is 0 Å². The molecular formula is C21H26BClO4. The topological polar surface area (TPSA) is 36.9 Å². The fourth-order valence-electron chi connectivity index (χ4n) is 2.77. The molecule has 0 N–H and O–H groups in total. The molecule has 1 heterocycles. The summed E-state index contributed by atoms with van der Waals surface area (Å²) in [5, 5.41) is 0.659. The zero-order valence-electron chi connectivity index (χ0n) is 16.5. The van der Waals surface area contributed by atoms with Gasteiger partial charge in [-0.1, -0.05) is 29.8 Å². The van der Waals surface area contributed by atoms with Gasteiger partial charge in [0.25, 0.3) is 0 Å². The van der Waals surface area contributed by atoms with Crippen molar-refractivity contribution < 1.29 is 18.8 Å². The highest BCUT2D eigenvalue weighted by atomic mass is 35.5. The molecule has 0 unspecified atom stereocenters. The molecule has 4 nitrogen and oxygen atoms in total. The molecular weight excluding hydrogens is 362 g/mol. The van der Waals surface area contributed by atoms with E-state index in [0.717, 1.165) is 22.5 Å². The summed E-state index contributed by atoms with van der Waals surface area (Å²) in [6.07, 6.45) is 0. The van der Waals surface area contributed by atoms with Crippen LogP contribution in [0, 0.1) is 6.92 Å². The van der Waals surface area contributed by atoms with E-state index in [9.17, 15) is 0 Å². The Morgan fingerprint density at radius 2 is 1.59 bits per heavy atom. The molecule has 27 heavy (non-hydrogen) atoms. The Morgan fingerprint density at radius 1 is 0.926 bits per heavy atom. The van der Waals surface area contributed by atoms with Gasteiger partial charge in [-0.3, -0.25) is 0 Å². The zero-order chi connectivity index (χ0) is 19.7. The van der Waals surface area contributed by atoms with Crippen LogP contribution in [-0.4, -0.2) is 31.5 Å². The van der Waals surface area contributed by atoms with Gasteiger partial charge in [-0.05, 0) is 69.9 Å². The van der Waals surface area contributed by atoms with Crippen molar-refractivity contribution in [3.8, 4) is 11.5 Å². The molecule has 2 aromatic carbocycles. The van der Waals surface area contributed by atoms with Gasteiger partial charge in [-0.2, -0.15) is 0 Å². The second-order valence-electron chi connectivity index (χ2n) is 7.77. The van der Waals surface area contributed by atoms with Crippen LogP contribution in [0.3, 0.4) is 0 Å². The summed E-state index contributed by atoms with van der Waals surface area (Å²) in [4.78, 5) is 0. The van der Waals surface area contributed by atoms with Gasteiger partial charge in [0.1, 0.15) is 24.7 Å². The molecule has 1 aliphatic heterocycles. The van der Waals surface area contributed by atoms with Crippen LogP contribution in [-0.2, 0) is 9.31 Å². The van der Waals surface area contributed by atoms with Crippen LogP contribution in [0.4, 0.5) is 0 Å². The second kappa shape index (κ2) is 7.74. The van der Waals surface area contributed by atoms with Crippen LogP contribution < -0.4 is 14.9 Å². The lowest BCUT2D eigenvalue weighted by molar-refractivity contribution is 0.00578. The predicted octanol–water partition coefficient (Wildman–Crippen LogP) is 4.41. The second-order valence-corrected chi connectivity index (χ2v) is 8.20. The number of aryl methyl sites for hydroxylation is 1. The number of rotatable bonds is 6. The summed E-state index contributed by atoms with van der Waals surface area (Å²) in [6.45, 7) is 11.0. The highest BCUT2D eigenvalue weighted by Gasteiger charge is 2.51. The maximum absolute atomic E-state index is 6.10. The van der Waals surface area contributed by atoms with E-state index in [1.165, 1.54) is 0 Å². The highest BCUT2D eigenvalue weighted by Crippen LogP contribution is 2.36. The van der Waals surface area contributed by atoms with Crippen LogP contribution >= 0.6 is 11.6 Å². The van der Waals surface area contributed by atoms with Gasteiger partial charge in [0.05, 0.1) is 11.2 Å². The fourth-order valence-corrected chi connectivity index (χ4v) is 2.93. The normalized spacial score (nSPS) is 17.8. The van der Waals surface area contributed by atoms with Crippen LogP contribution in [0.2, 0.25) is 5.02 Å². The highest BCUT2D eigenvalue weighted by molar-refractivity contribution is 6.62. The smallest absolute Gasteiger partial charge is 0.490 e. The molecule has 0 saturated carbocycles. The monoisotopic (exact) mass is 388 g/mol. The standard InChI is InChI=1S/C21H26BClO4/c1-15-9-10-17(23)14-19(15)25-12-11-24-18-8-6-7-16(13-18)22-26-20(2,3)21(4,5)27-22/h6-10,13-14H,11-12H2,1-5H3. The minimum absolute atomic E-state index is 0.364. The largest absolute Gasteiger partial charge is 0.494 e. The molecule has 1 fully saturated rings. The molecule has 144 valence electrons. The van der Waals surface area contributed by atoms with E-state index >= 15 is 0 Å². The first kappa shape index (κ1) is 20.1. The maximum atomic E-state index is 6.10. The summed E-state index contributed by atoms with van der Waals surface area (Å²) < 4.78 is 23.8. The number of ether oxygens (including phenoxy) is 2. The van der Waals surface area contributed by atoms with Gasteiger partial charge >= 0.3 is 7.12 Å². The molecule has 0 amide bonds. The van der Waals surface area contributed by atoms with Crippen molar-refractivity contribution >= 4 is 24.2 Å². The molecule has 0 aromatic heterocycles. The van der Waals surface area contributed by atoms with E-state index < -0.39 is 7.12 Å². The number of hydrogen-bond acceptors (Lipinski definition) is 4. The van der Waals surface area contributed by atoms with Gasteiger partial charge in [-0.25, -0.2) is 0 Å². The number of hydrogen-bond donors (Lipinski definition) is 0. The van der Waals surface area contributed by atoms with Crippen LogP contribution in [0.1, 0.15) is 33.3 Å². The Hall–Kier alpha value is -1.69. The molecule has 2 aromatic rings. The average Bonchev–Trinajstić information content (AvgIpc) is 2.83. The van der Waals surface area contributed by atoms with E-state index in [-0.39, 0.29) is 11.2 Å². The Balaban J connectivity index is 1.56. The average molecular weight is 389 g/mol. The molecule has 6 heteroatoms. The van der Waals surface area contributed by atoms with Crippen molar-refractivity contribution in [2.24, 2.45) is 0 Å². The summed E-state index contributed by atoms with van der Waals surface area (Å²) in [6, 6.07) is 13.4. The van der Waals surface area contributed by atoms with Crippen molar-refractivity contribution in [2.45, 2.75) is 45.8 Å². The zero-order valence-corrected chi connectivity index (χ0v) is 17.3. The van der Waals surface area contributed by atoms with Crippen LogP contribution in [0.5, 0.6) is 11.5 Å².